The molecule has 1 aromatic carbocycles. The van der Waals surface area contributed by atoms with Gasteiger partial charge in [-0.2, -0.15) is 0 Å². The molecule has 0 radical (unpaired) electrons. The number of carbonyl (C=O) groups excluding carboxylic acids is 1. The highest BCUT2D eigenvalue weighted by atomic mass is 35.5. The van der Waals surface area contributed by atoms with Crippen molar-refractivity contribution in [1.29, 1.82) is 0 Å². The van der Waals surface area contributed by atoms with Crippen LogP contribution in [0.15, 0.2) is 36.5 Å². The van der Waals surface area contributed by atoms with E-state index >= 15 is 0 Å². The predicted octanol–water partition coefficient (Wildman–Crippen LogP) is 5.09. The lowest BCUT2D eigenvalue weighted by atomic mass is 9.95. The van der Waals surface area contributed by atoms with Gasteiger partial charge in [-0.3, -0.25) is 4.79 Å². The van der Waals surface area contributed by atoms with E-state index in [2.05, 4.69) is 15.2 Å². The van der Waals surface area contributed by atoms with Crippen LogP contribution < -0.4 is 15.0 Å². The number of carbonyl (C=O) groups is 1. The quantitative estimate of drug-likeness (QED) is 0.588. The largest absolute Gasteiger partial charge is 0.476 e. The molecule has 33 heavy (non-hydrogen) atoms. The van der Waals surface area contributed by atoms with Crippen molar-refractivity contribution in [2.75, 3.05) is 4.90 Å². The van der Waals surface area contributed by atoms with Gasteiger partial charge in [0, 0.05) is 34.9 Å². The lowest BCUT2D eigenvalue weighted by Gasteiger charge is -2.41. The maximum absolute atomic E-state index is 13.1. The van der Waals surface area contributed by atoms with Crippen molar-refractivity contribution in [2.24, 2.45) is 0 Å². The van der Waals surface area contributed by atoms with Crippen LogP contribution in [0.25, 0.3) is 0 Å². The standard InChI is InChI=1S/C25H31Cl2N3O3/c1-24(2,32)15-5-10-22(28-14-15)30-18-7-8-19(30)13-17(12-18)29-23(31)25(3,4)33-21-9-6-16(26)11-20(21)27/h5-6,9-11,14,17-19,32H,7-8,12-13H2,1-4H3,(H,29,31). The lowest BCUT2D eigenvalue weighted by molar-refractivity contribution is -0.135. The number of benzene rings is 1. The highest BCUT2D eigenvalue weighted by Crippen LogP contribution is 2.39. The van der Waals surface area contributed by atoms with Crippen molar-refractivity contribution >= 4 is 34.9 Å². The van der Waals surface area contributed by atoms with Crippen molar-refractivity contribution in [1.82, 2.24) is 10.3 Å². The number of hydrogen-bond acceptors (Lipinski definition) is 5. The van der Waals surface area contributed by atoms with Crippen LogP contribution in [-0.4, -0.2) is 39.7 Å². The van der Waals surface area contributed by atoms with Crippen molar-refractivity contribution in [3.8, 4) is 5.75 Å². The predicted molar refractivity (Wildman–Crippen MR) is 131 cm³/mol. The first kappa shape index (κ1) is 24.1. The van der Waals surface area contributed by atoms with Crippen LogP contribution in [0.2, 0.25) is 10.0 Å². The molecule has 2 bridgehead atoms. The number of piperidine rings is 1. The number of anilines is 1. The van der Waals surface area contributed by atoms with E-state index < -0.39 is 11.2 Å². The van der Waals surface area contributed by atoms with E-state index in [1.807, 2.05) is 12.1 Å². The van der Waals surface area contributed by atoms with E-state index in [-0.39, 0.29) is 11.9 Å². The number of pyridine rings is 1. The molecule has 178 valence electrons. The number of amides is 1. The maximum atomic E-state index is 13.1. The zero-order valence-corrected chi connectivity index (χ0v) is 21.0. The monoisotopic (exact) mass is 491 g/mol. The Balaban J connectivity index is 1.40. The number of aliphatic hydroxyl groups is 1. The van der Waals surface area contributed by atoms with E-state index in [9.17, 15) is 9.90 Å². The number of ether oxygens (including phenoxy) is 1. The summed E-state index contributed by atoms with van der Waals surface area (Å²) >= 11 is 12.2. The highest BCUT2D eigenvalue weighted by Gasteiger charge is 2.43. The second-order valence-electron chi connectivity index (χ2n) is 10.1. The zero-order valence-electron chi connectivity index (χ0n) is 19.4. The lowest BCUT2D eigenvalue weighted by Crippen LogP contribution is -2.55. The third-order valence-electron chi connectivity index (χ3n) is 6.59. The van der Waals surface area contributed by atoms with Gasteiger partial charge in [-0.25, -0.2) is 4.98 Å². The molecule has 1 amide bonds. The zero-order chi connectivity index (χ0) is 24.0. The van der Waals surface area contributed by atoms with E-state index in [1.54, 1.807) is 52.1 Å². The average molecular weight is 492 g/mol. The Morgan fingerprint density at radius 2 is 1.79 bits per heavy atom. The van der Waals surface area contributed by atoms with Gasteiger partial charge in [0.05, 0.1) is 10.6 Å². The van der Waals surface area contributed by atoms with Crippen molar-refractivity contribution in [3.63, 3.8) is 0 Å². The molecular formula is C25H31Cl2N3O3. The second-order valence-corrected chi connectivity index (χ2v) is 10.9. The molecule has 0 aliphatic carbocycles. The summed E-state index contributed by atoms with van der Waals surface area (Å²) in [6.07, 6.45) is 5.62. The number of hydrogen-bond donors (Lipinski definition) is 2. The number of nitrogens with zero attached hydrogens (tertiary/aromatic N) is 2. The second kappa shape index (κ2) is 8.97. The number of rotatable bonds is 6. The van der Waals surface area contributed by atoms with Gasteiger partial charge in [0.25, 0.3) is 5.91 Å². The van der Waals surface area contributed by atoms with Crippen LogP contribution >= 0.6 is 23.2 Å². The molecule has 4 rings (SSSR count). The van der Waals surface area contributed by atoms with Crippen molar-refractivity contribution in [3.05, 3.63) is 52.1 Å². The fourth-order valence-corrected chi connectivity index (χ4v) is 5.26. The Kier molecular flexibility index (Phi) is 6.56. The smallest absolute Gasteiger partial charge is 0.263 e. The first-order valence-corrected chi connectivity index (χ1v) is 12.1. The van der Waals surface area contributed by atoms with Crippen molar-refractivity contribution in [2.45, 2.75) is 82.7 Å². The summed E-state index contributed by atoms with van der Waals surface area (Å²) in [5, 5.41) is 14.3. The molecule has 3 heterocycles. The maximum Gasteiger partial charge on any atom is 0.263 e. The Morgan fingerprint density at radius 1 is 1.12 bits per heavy atom. The molecule has 2 atom stereocenters. The summed E-state index contributed by atoms with van der Waals surface area (Å²) in [5.74, 6) is 1.19. The normalized spacial score (nSPS) is 22.9. The summed E-state index contributed by atoms with van der Waals surface area (Å²) in [6.45, 7) is 7.00. The minimum atomic E-state index is -1.08. The molecule has 2 aliphatic heterocycles. The van der Waals surface area contributed by atoms with Crippen LogP contribution in [0.1, 0.15) is 58.9 Å². The van der Waals surface area contributed by atoms with Crippen molar-refractivity contribution < 1.29 is 14.6 Å². The third kappa shape index (κ3) is 5.23. The molecule has 2 aromatic rings. The number of halogens is 2. The summed E-state index contributed by atoms with van der Waals surface area (Å²) in [6, 6.07) is 9.61. The minimum absolute atomic E-state index is 0.0745. The van der Waals surface area contributed by atoms with Gasteiger partial charge >= 0.3 is 0 Å². The Labute approximate surface area is 205 Å². The summed E-state index contributed by atoms with van der Waals surface area (Å²) in [5.41, 5.74) is -1.20. The summed E-state index contributed by atoms with van der Waals surface area (Å²) < 4.78 is 5.95. The van der Waals surface area contributed by atoms with Crippen LogP contribution in [0.4, 0.5) is 5.82 Å². The number of nitrogens with one attached hydrogen (secondary N) is 1. The molecule has 2 aliphatic rings. The summed E-state index contributed by atoms with van der Waals surface area (Å²) in [7, 11) is 0. The van der Waals surface area contributed by atoms with Crippen LogP contribution in [0, 0.1) is 0 Å². The Morgan fingerprint density at radius 3 is 2.33 bits per heavy atom. The molecule has 0 spiro atoms. The van der Waals surface area contributed by atoms with Gasteiger partial charge in [-0.1, -0.05) is 29.3 Å². The molecule has 2 fully saturated rings. The molecule has 6 nitrogen and oxygen atoms in total. The third-order valence-corrected chi connectivity index (χ3v) is 7.12. The molecule has 1 aromatic heterocycles. The molecule has 2 N–H and O–H groups in total. The van der Waals surface area contributed by atoms with E-state index in [0.29, 0.717) is 27.9 Å². The van der Waals surface area contributed by atoms with Gasteiger partial charge in [0.15, 0.2) is 5.60 Å². The van der Waals surface area contributed by atoms with Gasteiger partial charge in [0.1, 0.15) is 11.6 Å². The topological polar surface area (TPSA) is 74.7 Å². The Bertz CT molecular complexity index is 1010. The average Bonchev–Trinajstić information content (AvgIpc) is 3.00. The van der Waals surface area contributed by atoms with Crippen LogP contribution in [-0.2, 0) is 10.4 Å². The summed E-state index contributed by atoms with van der Waals surface area (Å²) in [4.78, 5) is 20.1. The Hall–Kier alpha value is -2.02. The minimum Gasteiger partial charge on any atom is -0.476 e. The molecular weight excluding hydrogens is 461 g/mol. The first-order chi connectivity index (χ1) is 15.4. The molecule has 8 heteroatoms. The van der Waals surface area contributed by atoms with E-state index in [0.717, 1.165) is 37.1 Å². The highest BCUT2D eigenvalue weighted by molar-refractivity contribution is 6.35. The van der Waals surface area contributed by atoms with Crippen LogP contribution in [0.5, 0.6) is 5.75 Å². The number of fused-ring (bicyclic) bond motifs is 2. The van der Waals surface area contributed by atoms with Gasteiger partial charge < -0.3 is 20.1 Å². The molecule has 0 saturated carbocycles. The fourth-order valence-electron chi connectivity index (χ4n) is 4.81. The molecule has 2 unspecified atom stereocenters. The van der Waals surface area contributed by atoms with Gasteiger partial charge in [-0.05, 0) is 77.6 Å². The SMILES string of the molecule is CC(C)(Oc1ccc(Cl)cc1Cl)C(=O)NC1CC2CCC(C1)N2c1ccc(C(C)(C)O)cn1. The van der Waals surface area contributed by atoms with E-state index in [1.165, 1.54) is 0 Å². The fraction of sp³-hybridized carbons (Fsp3) is 0.520. The van der Waals surface area contributed by atoms with Crippen LogP contribution in [0.3, 0.4) is 0 Å². The van der Waals surface area contributed by atoms with Gasteiger partial charge in [-0.15, -0.1) is 0 Å². The number of aromatic nitrogens is 1. The van der Waals surface area contributed by atoms with Gasteiger partial charge in [0.2, 0.25) is 0 Å². The van der Waals surface area contributed by atoms with E-state index in [4.69, 9.17) is 27.9 Å². The molecule has 2 saturated heterocycles. The first-order valence-electron chi connectivity index (χ1n) is 11.4.